The zero-order chi connectivity index (χ0) is 23.5. The van der Waals surface area contributed by atoms with Gasteiger partial charge in [0.15, 0.2) is 0 Å². The molecule has 0 unspecified atom stereocenters. The molecule has 0 spiro atoms. The van der Waals surface area contributed by atoms with E-state index in [0.717, 1.165) is 0 Å². The van der Waals surface area contributed by atoms with Crippen molar-refractivity contribution in [3.05, 3.63) is 89.1 Å². The number of phenolic OH excluding ortho intramolecular Hbond substituents is 1. The SMILES string of the molecule is N#Cc1ccc(NC(=O)c2cc3cccc(NC(=O)c4ccccc4O)c3[nH]2)c(C(=O)O)c1. The van der Waals surface area contributed by atoms with E-state index in [-0.39, 0.29) is 33.8 Å². The molecule has 4 aromatic rings. The van der Waals surface area contributed by atoms with Crippen molar-refractivity contribution >= 4 is 40.1 Å². The van der Waals surface area contributed by atoms with E-state index >= 15 is 0 Å². The second kappa shape index (κ2) is 8.56. The fourth-order valence-corrected chi connectivity index (χ4v) is 3.33. The molecule has 0 aliphatic rings. The van der Waals surface area contributed by atoms with E-state index in [1.165, 1.54) is 30.3 Å². The number of anilines is 2. The molecule has 9 heteroatoms. The number of nitrogens with zero attached hydrogens (tertiary/aromatic N) is 1. The molecule has 0 bridgehead atoms. The first-order chi connectivity index (χ1) is 15.9. The fourth-order valence-electron chi connectivity index (χ4n) is 3.33. The van der Waals surface area contributed by atoms with Crippen LogP contribution in [0.2, 0.25) is 0 Å². The number of aromatic amines is 1. The van der Waals surface area contributed by atoms with Crippen LogP contribution in [-0.4, -0.2) is 33.0 Å². The van der Waals surface area contributed by atoms with Crippen molar-refractivity contribution in [1.29, 1.82) is 5.26 Å². The molecular formula is C24H16N4O5. The summed E-state index contributed by atoms with van der Waals surface area (Å²) in [5.41, 5.74) is 1.08. The van der Waals surface area contributed by atoms with Gasteiger partial charge >= 0.3 is 5.97 Å². The van der Waals surface area contributed by atoms with Gasteiger partial charge in [0.05, 0.1) is 39.7 Å². The van der Waals surface area contributed by atoms with Crippen molar-refractivity contribution in [3.8, 4) is 11.8 Å². The summed E-state index contributed by atoms with van der Waals surface area (Å²) in [5.74, 6) is -2.57. The minimum atomic E-state index is -1.28. The second-order valence-corrected chi connectivity index (χ2v) is 7.06. The molecule has 2 amide bonds. The summed E-state index contributed by atoms with van der Waals surface area (Å²) in [5, 5.41) is 34.1. The zero-order valence-electron chi connectivity index (χ0n) is 16.9. The van der Waals surface area contributed by atoms with Crippen molar-refractivity contribution in [1.82, 2.24) is 4.98 Å². The summed E-state index contributed by atoms with van der Waals surface area (Å²) in [6, 6.07) is 18.5. The Kier molecular flexibility index (Phi) is 5.49. The normalized spacial score (nSPS) is 10.4. The highest BCUT2D eigenvalue weighted by Gasteiger charge is 2.18. The van der Waals surface area contributed by atoms with E-state index in [4.69, 9.17) is 5.26 Å². The number of carbonyl (C=O) groups excluding carboxylic acids is 2. The molecule has 0 atom stereocenters. The number of para-hydroxylation sites is 2. The van der Waals surface area contributed by atoms with Crippen LogP contribution in [0.15, 0.2) is 66.7 Å². The van der Waals surface area contributed by atoms with Crippen LogP contribution in [0.25, 0.3) is 10.9 Å². The monoisotopic (exact) mass is 440 g/mol. The first-order valence-corrected chi connectivity index (χ1v) is 9.67. The molecule has 162 valence electrons. The van der Waals surface area contributed by atoms with E-state index < -0.39 is 17.8 Å². The summed E-state index contributed by atoms with van der Waals surface area (Å²) in [4.78, 5) is 39.8. The number of carboxylic acid groups (broad SMARTS) is 1. The number of phenols is 1. The van der Waals surface area contributed by atoms with Gasteiger partial charge in [0.2, 0.25) is 0 Å². The van der Waals surface area contributed by atoms with Gasteiger partial charge in [-0.1, -0.05) is 24.3 Å². The largest absolute Gasteiger partial charge is 0.507 e. The summed E-state index contributed by atoms with van der Waals surface area (Å²) in [6.45, 7) is 0. The van der Waals surface area contributed by atoms with Crippen molar-refractivity contribution < 1.29 is 24.6 Å². The predicted octanol–water partition coefficient (Wildman–Crippen LogP) is 3.95. The van der Waals surface area contributed by atoms with Crippen LogP contribution in [0.3, 0.4) is 0 Å². The summed E-state index contributed by atoms with van der Waals surface area (Å²) >= 11 is 0. The van der Waals surface area contributed by atoms with E-state index in [9.17, 15) is 24.6 Å². The average Bonchev–Trinajstić information content (AvgIpc) is 3.25. The fraction of sp³-hybridized carbons (Fsp3) is 0. The summed E-state index contributed by atoms with van der Waals surface area (Å²) in [7, 11) is 0. The number of H-pyrrole nitrogens is 1. The van der Waals surface area contributed by atoms with Crippen molar-refractivity contribution in [2.24, 2.45) is 0 Å². The topological polar surface area (TPSA) is 155 Å². The third kappa shape index (κ3) is 4.22. The number of aromatic nitrogens is 1. The summed E-state index contributed by atoms with van der Waals surface area (Å²) in [6.07, 6.45) is 0. The first-order valence-electron chi connectivity index (χ1n) is 9.67. The lowest BCUT2D eigenvalue weighted by molar-refractivity contribution is 0.0697. The van der Waals surface area contributed by atoms with Crippen molar-refractivity contribution in [2.75, 3.05) is 10.6 Å². The number of hydrogen-bond donors (Lipinski definition) is 5. The van der Waals surface area contributed by atoms with Crippen LogP contribution in [0.5, 0.6) is 5.75 Å². The van der Waals surface area contributed by atoms with Crippen LogP contribution in [0.1, 0.15) is 36.8 Å². The molecule has 1 heterocycles. The lowest BCUT2D eigenvalue weighted by atomic mass is 10.1. The van der Waals surface area contributed by atoms with Crippen molar-refractivity contribution in [3.63, 3.8) is 0 Å². The van der Waals surface area contributed by atoms with Gasteiger partial charge in [0.25, 0.3) is 11.8 Å². The third-order valence-corrected chi connectivity index (χ3v) is 4.92. The molecule has 0 saturated heterocycles. The number of hydrogen-bond acceptors (Lipinski definition) is 5. The van der Waals surface area contributed by atoms with Crippen molar-refractivity contribution in [2.45, 2.75) is 0 Å². The van der Waals surface area contributed by atoms with Gasteiger partial charge in [0.1, 0.15) is 11.4 Å². The molecular weight excluding hydrogens is 424 g/mol. The highest BCUT2D eigenvalue weighted by Crippen LogP contribution is 2.26. The van der Waals surface area contributed by atoms with Gasteiger partial charge < -0.3 is 25.8 Å². The smallest absolute Gasteiger partial charge is 0.337 e. The highest BCUT2D eigenvalue weighted by molar-refractivity contribution is 6.12. The van der Waals surface area contributed by atoms with Crippen LogP contribution in [0.4, 0.5) is 11.4 Å². The van der Waals surface area contributed by atoms with Gasteiger partial charge in [-0.15, -0.1) is 0 Å². The van der Waals surface area contributed by atoms with Gasteiger partial charge in [-0.05, 0) is 42.5 Å². The second-order valence-electron chi connectivity index (χ2n) is 7.06. The number of rotatable bonds is 5. The van der Waals surface area contributed by atoms with E-state index in [1.54, 1.807) is 36.4 Å². The Labute approximate surface area is 186 Å². The Bertz CT molecular complexity index is 1470. The number of fused-ring (bicyclic) bond motifs is 1. The molecule has 0 aliphatic heterocycles. The maximum atomic E-state index is 12.8. The maximum Gasteiger partial charge on any atom is 0.337 e. The predicted molar refractivity (Wildman–Crippen MR) is 120 cm³/mol. The molecule has 33 heavy (non-hydrogen) atoms. The van der Waals surface area contributed by atoms with Crippen LogP contribution < -0.4 is 10.6 Å². The lowest BCUT2D eigenvalue weighted by Gasteiger charge is -2.08. The molecule has 0 fully saturated rings. The molecule has 0 aliphatic carbocycles. The van der Waals surface area contributed by atoms with E-state index in [1.807, 2.05) is 6.07 Å². The van der Waals surface area contributed by atoms with E-state index in [0.29, 0.717) is 16.6 Å². The average molecular weight is 440 g/mol. The Hall–Kier alpha value is -5.10. The Morgan fingerprint density at radius 1 is 0.848 bits per heavy atom. The number of aromatic hydroxyl groups is 1. The van der Waals surface area contributed by atoms with Gasteiger partial charge in [-0.2, -0.15) is 5.26 Å². The molecule has 4 rings (SSSR count). The number of carbonyl (C=O) groups is 3. The maximum absolute atomic E-state index is 12.8. The Balaban J connectivity index is 1.62. The number of amides is 2. The zero-order valence-corrected chi connectivity index (χ0v) is 16.9. The molecule has 1 aromatic heterocycles. The molecule has 3 aromatic carbocycles. The number of nitriles is 1. The van der Waals surface area contributed by atoms with Crippen LogP contribution in [0, 0.1) is 11.3 Å². The molecule has 5 N–H and O–H groups in total. The minimum absolute atomic E-state index is 0.0400. The van der Waals surface area contributed by atoms with Gasteiger partial charge in [0, 0.05) is 5.39 Å². The molecule has 9 nitrogen and oxygen atoms in total. The minimum Gasteiger partial charge on any atom is -0.507 e. The number of carboxylic acids is 1. The van der Waals surface area contributed by atoms with E-state index in [2.05, 4.69) is 15.6 Å². The summed E-state index contributed by atoms with van der Waals surface area (Å²) < 4.78 is 0. The van der Waals surface area contributed by atoms with Crippen LogP contribution >= 0.6 is 0 Å². The number of nitrogens with one attached hydrogen (secondary N) is 3. The number of benzene rings is 3. The molecule has 0 radical (unpaired) electrons. The standard InChI is InChI=1S/C24H16N4O5/c25-12-13-8-9-17(16(10-13)24(32)33)27-23(31)19-11-14-4-3-6-18(21(14)26-19)28-22(30)15-5-1-2-7-20(15)29/h1-11,26,29H,(H,27,31)(H,28,30)(H,32,33). The number of aromatic carboxylic acids is 1. The Morgan fingerprint density at radius 2 is 1.61 bits per heavy atom. The Morgan fingerprint density at radius 3 is 2.33 bits per heavy atom. The molecule has 0 saturated carbocycles. The quantitative estimate of drug-likeness (QED) is 0.316. The first kappa shape index (κ1) is 21.1. The third-order valence-electron chi connectivity index (χ3n) is 4.92. The van der Waals surface area contributed by atoms with Gasteiger partial charge in [-0.25, -0.2) is 4.79 Å². The van der Waals surface area contributed by atoms with Gasteiger partial charge in [-0.3, -0.25) is 9.59 Å². The highest BCUT2D eigenvalue weighted by atomic mass is 16.4. The lowest BCUT2D eigenvalue weighted by Crippen LogP contribution is -2.15. The van der Waals surface area contributed by atoms with Crippen LogP contribution in [-0.2, 0) is 0 Å².